The molecule has 5 nitrogen and oxygen atoms in total. The van der Waals surface area contributed by atoms with E-state index in [0.29, 0.717) is 40.0 Å². The average molecular weight is 402 g/mol. The van der Waals surface area contributed by atoms with Crippen LogP contribution in [0.1, 0.15) is 11.1 Å². The van der Waals surface area contributed by atoms with Gasteiger partial charge in [-0.2, -0.15) is 0 Å². The van der Waals surface area contributed by atoms with Crippen LogP contribution < -0.4 is 15.1 Å². The molecule has 0 aliphatic carbocycles. The Morgan fingerprint density at radius 1 is 0.933 bits per heavy atom. The largest absolute Gasteiger partial charge is 0.507 e. The number of phenolic OH excluding ortho intramolecular Hbond substituents is 1. The monoisotopic (exact) mass is 402 g/mol. The second-order valence-corrected chi connectivity index (χ2v) is 7.41. The van der Waals surface area contributed by atoms with Crippen LogP contribution in [-0.2, 0) is 13.1 Å². The topological polar surface area (TPSA) is 64.1 Å². The van der Waals surface area contributed by atoms with Gasteiger partial charge in [-0.05, 0) is 18.2 Å². The molecule has 0 aliphatic rings. The third-order valence-corrected chi connectivity index (χ3v) is 5.24. The van der Waals surface area contributed by atoms with Gasteiger partial charge in [0.15, 0.2) is 0 Å². The molecule has 0 spiro atoms. The molecule has 0 saturated heterocycles. The summed E-state index contributed by atoms with van der Waals surface area (Å²) in [5, 5.41) is 10.9. The lowest BCUT2D eigenvalue weighted by atomic mass is 10.0. The third-order valence-electron chi connectivity index (χ3n) is 5.24. The Kier molecular flexibility index (Phi) is 5.55. The van der Waals surface area contributed by atoms with Crippen molar-refractivity contribution in [2.24, 2.45) is 0 Å². The van der Waals surface area contributed by atoms with E-state index in [4.69, 9.17) is 9.15 Å². The van der Waals surface area contributed by atoms with Crippen molar-refractivity contribution >= 4 is 11.0 Å². The minimum atomic E-state index is -0.150. The first-order valence-corrected chi connectivity index (χ1v) is 9.83. The zero-order valence-electron chi connectivity index (χ0n) is 17.0. The number of hydrogen-bond donors (Lipinski definition) is 2. The van der Waals surface area contributed by atoms with Crippen LogP contribution >= 0.6 is 0 Å². The summed E-state index contributed by atoms with van der Waals surface area (Å²) in [4.78, 5) is 14.4. The van der Waals surface area contributed by atoms with Gasteiger partial charge < -0.3 is 19.2 Å². The predicted molar refractivity (Wildman–Crippen MR) is 117 cm³/mol. The zero-order valence-corrected chi connectivity index (χ0v) is 17.0. The average Bonchev–Trinajstić information content (AvgIpc) is 2.76. The molecule has 4 rings (SSSR count). The Bertz CT molecular complexity index is 1230. The molecule has 1 atom stereocenters. The van der Waals surface area contributed by atoms with Gasteiger partial charge in [-0.25, -0.2) is 0 Å². The molecule has 0 aliphatic heterocycles. The Balaban J connectivity index is 1.74. The van der Waals surface area contributed by atoms with E-state index < -0.39 is 0 Å². The number of fused-ring (bicyclic) bond motifs is 1. The summed E-state index contributed by atoms with van der Waals surface area (Å²) in [6.07, 6.45) is 1.46. The molecule has 0 amide bonds. The predicted octanol–water partition coefficient (Wildman–Crippen LogP) is 3.39. The number of benzene rings is 3. The number of phenols is 1. The minimum Gasteiger partial charge on any atom is -0.507 e. The van der Waals surface area contributed by atoms with Crippen molar-refractivity contribution in [2.45, 2.75) is 13.1 Å². The van der Waals surface area contributed by atoms with E-state index in [1.807, 2.05) is 49.5 Å². The van der Waals surface area contributed by atoms with E-state index in [9.17, 15) is 9.90 Å². The number of para-hydroxylation sites is 1. The first kappa shape index (κ1) is 19.7. The molecule has 1 unspecified atom stereocenters. The first-order valence-electron chi connectivity index (χ1n) is 9.83. The quantitative estimate of drug-likeness (QED) is 0.519. The minimum absolute atomic E-state index is 0.128. The van der Waals surface area contributed by atoms with Gasteiger partial charge in [0.25, 0.3) is 0 Å². The maximum atomic E-state index is 13.2. The lowest BCUT2D eigenvalue weighted by Crippen LogP contribution is -3.06. The van der Waals surface area contributed by atoms with Gasteiger partial charge in [-0.3, -0.25) is 4.79 Å². The molecule has 0 saturated carbocycles. The van der Waals surface area contributed by atoms with E-state index in [0.717, 1.165) is 6.54 Å². The van der Waals surface area contributed by atoms with Gasteiger partial charge in [0.05, 0.1) is 30.7 Å². The Morgan fingerprint density at radius 2 is 1.67 bits per heavy atom. The van der Waals surface area contributed by atoms with Gasteiger partial charge >= 0.3 is 0 Å². The fourth-order valence-electron chi connectivity index (χ4n) is 3.78. The highest BCUT2D eigenvalue weighted by Gasteiger charge is 2.19. The summed E-state index contributed by atoms with van der Waals surface area (Å²) in [7, 11) is 3.62. The molecular weight excluding hydrogens is 378 g/mol. The van der Waals surface area contributed by atoms with Crippen LogP contribution in [0.4, 0.5) is 0 Å². The van der Waals surface area contributed by atoms with Crippen molar-refractivity contribution in [1.82, 2.24) is 0 Å². The van der Waals surface area contributed by atoms with Gasteiger partial charge in [-0.1, -0.05) is 48.5 Å². The van der Waals surface area contributed by atoms with Crippen LogP contribution in [0.5, 0.6) is 11.5 Å². The zero-order chi connectivity index (χ0) is 21.1. The Hall–Kier alpha value is -3.57. The van der Waals surface area contributed by atoms with Crippen molar-refractivity contribution < 1.29 is 19.2 Å². The summed E-state index contributed by atoms with van der Waals surface area (Å²) < 4.78 is 11.3. The number of hydrogen-bond acceptors (Lipinski definition) is 4. The van der Waals surface area contributed by atoms with Gasteiger partial charge in [0, 0.05) is 11.1 Å². The highest BCUT2D eigenvalue weighted by atomic mass is 16.5. The lowest BCUT2D eigenvalue weighted by Gasteiger charge is -2.16. The highest BCUT2D eigenvalue weighted by molar-refractivity contribution is 5.86. The molecule has 2 N–H and O–H groups in total. The van der Waals surface area contributed by atoms with Gasteiger partial charge in [-0.15, -0.1) is 0 Å². The second kappa shape index (κ2) is 8.43. The van der Waals surface area contributed by atoms with E-state index in [2.05, 4.69) is 12.1 Å². The molecule has 30 heavy (non-hydrogen) atoms. The van der Waals surface area contributed by atoms with E-state index >= 15 is 0 Å². The summed E-state index contributed by atoms with van der Waals surface area (Å²) in [5.74, 6) is 0.735. The maximum Gasteiger partial charge on any atom is 0.200 e. The normalized spacial score (nSPS) is 12.1. The molecule has 1 aromatic heterocycles. The summed E-state index contributed by atoms with van der Waals surface area (Å²) in [5.41, 5.74) is 3.21. The van der Waals surface area contributed by atoms with E-state index in [1.54, 1.807) is 19.2 Å². The molecule has 0 fully saturated rings. The van der Waals surface area contributed by atoms with E-state index in [-0.39, 0.29) is 11.2 Å². The van der Waals surface area contributed by atoms with Crippen LogP contribution in [0, 0.1) is 0 Å². The number of nitrogens with one attached hydrogen (secondary N) is 1. The van der Waals surface area contributed by atoms with Crippen molar-refractivity contribution in [1.29, 1.82) is 0 Å². The fraction of sp³-hybridized carbons (Fsp3) is 0.160. The molecule has 152 valence electrons. The molecule has 1 heterocycles. The third kappa shape index (κ3) is 3.80. The number of quaternary nitrogens is 1. The number of rotatable bonds is 6. The number of aromatic hydroxyl groups is 1. The molecule has 0 radical (unpaired) electrons. The SMILES string of the molecule is COc1ccccc1-c1coc2c(C[NH+](C)Cc3ccccc3)c(O)ccc2c1=O. The summed E-state index contributed by atoms with van der Waals surface area (Å²) >= 11 is 0. The Labute approximate surface area is 174 Å². The summed E-state index contributed by atoms with van der Waals surface area (Å²) in [6, 6.07) is 20.7. The van der Waals surface area contributed by atoms with Crippen molar-refractivity contribution in [3.8, 4) is 22.6 Å². The molecule has 5 heteroatoms. The van der Waals surface area contributed by atoms with Gasteiger partial charge in [0.1, 0.15) is 36.4 Å². The number of methoxy groups -OCH3 is 1. The van der Waals surface area contributed by atoms with Crippen molar-refractivity contribution in [3.05, 3.63) is 94.3 Å². The highest BCUT2D eigenvalue weighted by Crippen LogP contribution is 2.31. The summed E-state index contributed by atoms with van der Waals surface area (Å²) in [6.45, 7) is 1.31. The standard InChI is InChI=1S/C25H23NO4/c1-26(14-17-8-4-3-5-9-17)15-20-22(27)13-12-19-24(28)21(16-30-25(19)20)18-10-6-7-11-23(18)29-2/h3-13,16,27H,14-15H2,1-2H3/p+1. The lowest BCUT2D eigenvalue weighted by molar-refractivity contribution is -0.907. The first-order chi connectivity index (χ1) is 14.6. The van der Waals surface area contributed by atoms with Crippen LogP contribution in [-0.4, -0.2) is 19.3 Å². The van der Waals surface area contributed by atoms with Crippen LogP contribution in [0.15, 0.2) is 82.2 Å². The smallest absolute Gasteiger partial charge is 0.200 e. The van der Waals surface area contributed by atoms with Gasteiger partial charge in [0.2, 0.25) is 5.43 Å². The second-order valence-electron chi connectivity index (χ2n) is 7.41. The maximum absolute atomic E-state index is 13.2. The van der Waals surface area contributed by atoms with Crippen molar-refractivity contribution in [2.75, 3.05) is 14.2 Å². The van der Waals surface area contributed by atoms with Crippen LogP contribution in [0.3, 0.4) is 0 Å². The molecule has 0 bridgehead atoms. The molecule has 4 aromatic rings. The number of ether oxygens (including phenoxy) is 1. The van der Waals surface area contributed by atoms with Crippen LogP contribution in [0.2, 0.25) is 0 Å². The fourth-order valence-corrected chi connectivity index (χ4v) is 3.78. The molecule has 3 aromatic carbocycles. The van der Waals surface area contributed by atoms with Crippen LogP contribution in [0.25, 0.3) is 22.1 Å². The van der Waals surface area contributed by atoms with E-state index in [1.165, 1.54) is 16.7 Å². The Morgan fingerprint density at radius 3 is 2.43 bits per heavy atom. The molecular formula is C25H24NO4+. The van der Waals surface area contributed by atoms with Crippen molar-refractivity contribution in [3.63, 3.8) is 0 Å².